The molecule has 7 heteroatoms. The zero-order valence-corrected chi connectivity index (χ0v) is 15.5. The first kappa shape index (κ1) is 16.9. The van der Waals surface area contributed by atoms with Crippen LogP contribution in [-0.4, -0.2) is 54.0 Å². The number of hydrogen-bond donors (Lipinski definition) is 2. The van der Waals surface area contributed by atoms with Gasteiger partial charge in [-0.05, 0) is 29.9 Å². The Bertz CT molecular complexity index is 752. The molecule has 2 aromatic rings. The van der Waals surface area contributed by atoms with Crippen LogP contribution in [-0.2, 0) is 4.79 Å². The molecular formula is C18H21N3O2S2. The van der Waals surface area contributed by atoms with Gasteiger partial charge in [0.2, 0.25) is 5.91 Å². The summed E-state index contributed by atoms with van der Waals surface area (Å²) in [5.41, 5.74) is 0. The van der Waals surface area contributed by atoms with Crippen molar-refractivity contribution in [3.05, 3.63) is 35.2 Å². The van der Waals surface area contributed by atoms with Crippen LogP contribution < -0.4 is 10.6 Å². The van der Waals surface area contributed by atoms with Crippen molar-refractivity contribution in [1.82, 2.24) is 15.5 Å². The lowest BCUT2D eigenvalue weighted by Crippen LogP contribution is -2.42. The number of fused-ring (bicyclic) bond motifs is 1. The van der Waals surface area contributed by atoms with Crippen molar-refractivity contribution in [2.24, 2.45) is 5.92 Å². The number of thiophene rings is 1. The van der Waals surface area contributed by atoms with Gasteiger partial charge >= 0.3 is 0 Å². The van der Waals surface area contributed by atoms with Crippen LogP contribution in [0.1, 0.15) is 16.1 Å². The quantitative estimate of drug-likeness (QED) is 0.860. The maximum atomic E-state index is 12.4. The van der Waals surface area contributed by atoms with E-state index in [1.165, 1.54) is 11.3 Å². The molecule has 1 aromatic carbocycles. The lowest BCUT2D eigenvalue weighted by atomic mass is 10.0. The largest absolute Gasteiger partial charge is 0.351 e. The SMILES string of the molecule is O=C(NC[C@@H]1CN[C@H](C(=O)N2CCSC2)C1)c1cc2ccccc2s1. The standard InChI is InChI=1S/C18H21N3O2S2/c22-17(16-8-13-3-1-2-4-15(13)25-16)20-10-12-7-14(19-9-12)18(23)21-5-6-24-11-21/h1-4,8,12,14,19H,5-7,9-11H2,(H,20,22)/t12-,14-/m0/s1. The van der Waals surface area contributed by atoms with E-state index in [1.807, 2.05) is 35.2 Å². The molecule has 2 atom stereocenters. The van der Waals surface area contributed by atoms with Gasteiger partial charge in [0.05, 0.1) is 16.8 Å². The zero-order chi connectivity index (χ0) is 17.2. The van der Waals surface area contributed by atoms with E-state index in [0.29, 0.717) is 12.5 Å². The van der Waals surface area contributed by atoms with Gasteiger partial charge in [0, 0.05) is 30.1 Å². The van der Waals surface area contributed by atoms with E-state index in [2.05, 4.69) is 10.6 Å². The van der Waals surface area contributed by atoms with E-state index in [-0.39, 0.29) is 17.9 Å². The summed E-state index contributed by atoms with van der Waals surface area (Å²) in [6.45, 7) is 2.25. The van der Waals surface area contributed by atoms with Gasteiger partial charge in [-0.2, -0.15) is 0 Å². The number of nitrogens with one attached hydrogen (secondary N) is 2. The summed E-state index contributed by atoms with van der Waals surface area (Å²) < 4.78 is 1.13. The first-order valence-electron chi connectivity index (χ1n) is 8.57. The molecule has 0 saturated carbocycles. The molecule has 132 valence electrons. The summed E-state index contributed by atoms with van der Waals surface area (Å²) in [6.07, 6.45) is 0.798. The third-order valence-corrected chi connectivity index (χ3v) is 6.87. The molecule has 2 aliphatic heterocycles. The van der Waals surface area contributed by atoms with Crippen LogP contribution in [0.25, 0.3) is 10.1 Å². The number of benzene rings is 1. The number of carbonyl (C=O) groups excluding carboxylic acids is 2. The zero-order valence-electron chi connectivity index (χ0n) is 13.9. The number of carbonyl (C=O) groups is 2. The monoisotopic (exact) mass is 375 g/mol. The predicted molar refractivity (Wildman–Crippen MR) is 103 cm³/mol. The molecule has 0 spiro atoms. The van der Waals surface area contributed by atoms with Gasteiger partial charge in [0.1, 0.15) is 0 Å². The minimum Gasteiger partial charge on any atom is -0.351 e. The van der Waals surface area contributed by atoms with Gasteiger partial charge in [-0.25, -0.2) is 0 Å². The van der Waals surface area contributed by atoms with Crippen molar-refractivity contribution in [3.63, 3.8) is 0 Å². The first-order valence-corrected chi connectivity index (χ1v) is 10.5. The van der Waals surface area contributed by atoms with E-state index in [1.54, 1.807) is 11.8 Å². The fourth-order valence-corrected chi connectivity index (χ4v) is 5.31. The lowest BCUT2D eigenvalue weighted by Gasteiger charge is -2.19. The van der Waals surface area contributed by atoms with Crippen molar-refractivity contribution in [1.29, 1.82) is 0 Å². The minimum absolute atomic E-state index is 0.0214. The van der Waals surface area contributed by atoms with Crippen molar-refractivity contribution < 1.29 is 9.59 Å². The number of nitrogens with zero attached hydrogens (tertiary/aromatic N) is 1. The van der Waals surface area contributed by atoms with Crippen molar-refractivity contribution in [2.75, 3.05) is 31.3 Å². The number of amides is 2. The number of rotatable bonds is 4. The Balaban J connectivity index is 1.29. The van der Waals surface area contributed by atoms with Crippen LogP contribution in [0.2, 0.25) is 0 Å². The maximum Gasteiger partial charge on any atom is 0.261 e. The molecule has 0 radical (unpaired) electrons. The molecule has 25 heavy (non-hydrogen) atoms. The summed E-state index contributed by atoms with van der Waals surface area (Å²) in [4.78, 5) is 27.5. The molecule has 4 rings (SSSR count). The summed E-state index contributed by atoms with van der Waals surface area (Å²) in [5, 5.41) is 7.46. The molecule has 2 N–H and O–H groups in total. The molecule has 2 fully saturated rings. The van der Waals surface area contributed by atoms with Gasteiger partial charge in [-0.3, -0.25) is 9.59 Å². The highest BCUT2D eigenvalue weighted by atomic mass is 32.2. The number of hydrogen-bond acceptors (Lipinski definition) is 5. The Kier molecular flexibility index (Phi) is 4.96. The average molecular weight is 376 g/mol. The Morgan fingerprint density at radius 1 is 1.32 bits per heavy atom. The van der Waals surface area contributed by atoms with Gasteiger partial charge in [-0.1, -0.05) is 18.2 Å². The van der Waals surface area contributed by atoms with E-state index < -0.39 is 0 Å². The van der Waals surface area contributed by atoms with E-state index in [0.717, 1.165) is 46.1 Å². The van der Waals surface area contributed by atoms with Crippen LogP contribution in [0.5, 0.6) is 0 Å². The second kappa shape index (κ2) is 7.35. The Labute approximate surface area is 155 Å². The molecule has 3 heterocycles. The smallest absolute Gasteiger partial charge is 0.261 e. The fraction of sp³-hybridized carbons (Fsp3) is 0.444. The summed E-state index contributed by atoms with van der Waals surface area (Å²) >= 11 is 3.32. The molecule has 0 unspecified atom stereocenters. The Morgan fingerprint density at radius 2 is 2.20 bits per heavy atom. The molecule has 2 saturated heterocycles. The first-order chi connectivity index (χ1) is 12.2. The molecule has 0 bridgehead atoms. The van der Waals surface area contributed by atoms with E-state index in [9.17, 15) is 9.59 Å². The third-order valence-electron chi connectivity index (χ3n) is 4.79. The average Bonchev–Trinajstić information content (AvgIpc) is 3.39. The van der Waals surface area contributed by atoms with E-state index in [4.69, 9.17) is 0 Å². The second-order valence-electron chi connectivity index (χ2n) is 6.56. The minimum atomic E-state index is -0.0927. The highest BCUT2D eigenvalue weighted by Gasteiger charge is 2.33. The molecular weight excluding hydrogens is 354 g/mol. The van der Waals surface area contributed by atoms with Crippen LogP contribution in [0.4, 0.5) is 0 Å². The molecule has 0 aliphatic carbocycles. The highest BCUT2D eigenvalue weighted by Crippen LogP contribution is 2.25. The predicted octanol–water partition coefficient (Wildman–Crippen LogP) is 2.14. The lowest BCUT2D eigenvalue weighted by molar-refractivity contribution is -0.131. The fourth-order valence-electron chi connectivity index (χ4n) is 3.38. The van der Waals surface area contributed by atoms with Crippen LogP contribution in [0.3, 0.4) is 0 Å². The molecule has 2 amide bonds. The molecule has 5 nitrogen and oxygen atoms in total. The topological polar surface area (TPSA) is 61.4 Å². The van der Waals surface area contributed by atoms with Gasteiger partial charge in [-0.15, -0.1) is 23.1 Å². The van der Waals surface area contributed by atoms with Crippen molar-refractivity contribution in [3.8, 4) is 0 Å². The summed E-state index contributed by atoms with van der Waals surface area (Å²) in [7, 11) is 0. The van der Waals surface area contributed by atoms with Gasteiger partial charge < -0.3 is 15.5 Å². The van der Waals surface area contributed by atoms with Crippen LogP contribution in [0, 0.1) is 5.92 Å². The van der Waals surface area contributed by atoms with Gasteiger partial charge in [0.15, 0.2) is 0 Å². The van der Waals surface area contributed by atoms with Crippen molar-refractivity contribution >= 4 is 45.0 Å². The second-order valence-corrected chi connectivity index (χ2v) is 8.72. The van der Waals surface area contributed by atoms with E-state index >= 15 is 0 Å². The van der Waals surface area contributed by atoms with Gasteiger partial charge in [0.25, 0.3) is 5.91 Å². The third kappa shape index (κ3) is 3.68. The summed E-state index contributed by atoms with van der Waals surface area (Å²) in [5.74, 6) is 2.34. The maximum absolute atomic E-state index is 12.4. The highest BCUT2D eigenvalue weighted by molar-refractivity contribution is 7.99. The molecule has 1 aromatic heterocycles. The Hall–Kier alpha value is -1.57. The van der Waals surface area contributed by atoms with Crippen LogP contribution >= 0.6 is 23.1 Å². The number of thioether (sulfide) groups is 1. The van der Waals surface area contributed by atoms with Crippen molar-refractivity contribution in [2.45, 2.75) is 12.5 Å². The summed E-state index contributed by atoms with van der Waals surface area (Å²) in [6, 6.07) is 9.88. The molecule has 2 aliphatic rings. The normalized spacial score (nSPS) is 23.3. The Morgan fingerprint density at radius 3 is 3.00 bits per heavy atom. The van der Waals surface area contributed by atoms with Crippen LogP contribution in [0.15, 0.2) is 30.3 Å².